The SMILES string of the molecule is CCNCCc1cn(-c2ccc3c(c2)CN(C2CCC(=O)NC2=O)C3=O)nn1.O=C(O)C(F)(F)F. The van der Waals surface area contributed by atoms with Crippen molar-refractivity contribution >= 4 is 23.7 Å². The summed E-state index contributed by atoms with van der Waals surface area (Å²) in [7, 11) is 0. The quantitative estimate of drug-likeness (QED) is 0.393. The van der Waals surface area contributed by atoms with Crippen LogP contribution in [0.3, 0.4) is 0 Å². The summed E-state index contributed by atoms with van der Waals surface area (Å²) in [5, 5.41) is 21.1. The number of carbonyl (C=O) groups excluding carboxylic acids is 3. The number of halogens is 3. The van der Waals surface area contributed by atoms with Crippen molar-refractivity contribution in [3.63, 3.8) is 0 Å². The lowest BCUT2D eigenvalue weighted by Gasteiger charge is -2.29. The highest BCUT2D eigenvalue weighted by Gasteiger charge is 2.39. The maximum absolute atomic E-state index is 12.7. The van der Waals surface area contributed by atoms with Gasteiger partial charge >= 0.3 is 12.1 Å². The molecule has 2 aliphatic heterocycles. The molecule has 14 heteroatoms. The maximum Gasteiger partial charge on any atom is 0.490 e. The largest absolute Gasteiger partial charge is 0.490 e. The predicted molar refractivity (Wildman–Crippen MR) is 113 cm³/mol. The Morgan fingerprint density at radius 3 is 2.63 bits per heavy atom. The van der Waals surface area contributed by atoms with Crippen molar-refractivity contribution in [2.45, 2.75) is 44.9 Å². The molecule has 1 atom stereocenters. The van der Waals surface area contributed by atoms with Crippen LogP contribution >= 0.6 is 0 Å². The average molecular weight is 496 g/mol. The molecule has 0 radical (unpaired) electrons. The third-order valence-corrected chi connectivity index (χ3v) is 5.36. The predicted octanol–water partition coefficient (Wildman–Crippen LogP) is 0.814. The summed E-state index contributed by atoms with van der Waals surface area (Å²) >= 11 is 0. The van der Waals surface area contributed by atoms with E-state index in [4.69, 9.17) is 9.90 Å². The second-order valence-electron chi connectivity index (χ2n) is 7.80. The Morgan fingerprint density at radius 2 is 2.00 bits per heavy atom. The van der Waals surface area contributed by atoms with Crippen LogP contribution in [0.4, 0.5) is 13.2 Å². The van der Waals surface area contributed by atoms with Gasteiger partial charge in [0.05, 0.1) is 17.6 Å². The Bertz CT molecular complexity index is 1130. The number of likely N-dealkylation sites (N-methyl/N-ethyl adjacent to an activating group) is 1. The van der Waals surface area contributed by atoms with E-state index in [2.05, 4.69) is 27.9 Å². The first-order valence-corrected chi connectivity index (χ1v) is 10.7. The van der Waals surface area contributed by atoms with Crippen molar-refractivity contribution in [1.29, 1.82) is 0 Å². The zero-order valence-electron chi connectivity index (χ0n) is 18.6. The third kappa shape index (κ3) is 6.20. The number of carboxylic acid groups (broad SMARTS) is 1. The van der Waals surface area contributed by atoms with Crippen LogP contribution in [-0.2, 0) is 27.3 Å². The Hall–Kier alpha value is -3.81. The maximum atomic E-state index is 12.7. The number of carbonyl (C=O) groups is 4. The molecule has 0 bridgehead atoms. The molecule has 3 heterocycles. The summed E-state index contributed by atoms with van der Waals surface area (Å²) in [6, 6.07) is 4.89. The van der Waals surface area contributed by atoms with Gasteiger partial charge in [-0.05, 0) is 36.7 Å². The third-order valence-electron chi connectivity index (χ3n) is 5.36. The fourth-order valence-electron chi connectivity index (χ4n) is 3.64. The van der Waals surface area contributed by atoms with Gasteiger partial charge in [0.25, 0.3) is 5.91 Å². The number of aromatic nitrogens is 3. The van der Waals surface area contributed by atoms with Crippen LogP contribution in [0.25, 0.3) is 5.69 Å². The monoisotopic (exact) mass is 496 g/mol. The average Bonchev–Trinajstić information content (AvgIpc) is 3.38. The second kappa shape index (κ2) is 10.6. The fourth-order valence-corrected chi connectivity index (χ4v) is 3.64. The van der Waals surface area contributed by atoms with Crippen LogP contribution < -0.4 is 10.6 Å². The van der Waals surface area contributed by atoms with Crippen molar-refractivity contribution in [2.75, 3.05) is 13.1 Å². The van der Waals surface area contributed by atoms with E-state index < -0.39 is 24.1 Å². The highest BCUT2D eigenvalue weighted by molar-refractivity contribution is 6.05. The van der Waals surface area contributed by atoms with Crippen molar-refractivity contribution in [2.24, 2.45) is 0 Å². The number of aliphatic carboxylic acids is 1. The standard InChI is InChI=1S/C19H22N6O3.C2HF3O2/c1-2-20-8-7-13-11-25(23-22-13)14-3-4-15-12(9-14)10-24(19(15)28)16-5-6-17(26)21-18(16)27;3-2(4,5)1(6)7/h3-4,9,11,16,20H,2,5-8,10H2,1H3,(H,21,26,27);(H,6,7). The minimum absolute atomic E-state index is 0.180. The van der Waals surface area contributed by atoms with Gasteiger partial charge in [-0.25, -0.2) is 9.48 Å². The molecule has 1 saturated heterocycles. The summed E-state index contributed by atoms with van der Waals surface area (Å²) in [4.78, 5) is 46.7. The molecule has 3 amide bonds. The van der Waals surface area contributed by atoms with Crippen LogP contribution in [0.2, 0.25) is 0 Å². The molecule has 188 valence electrons. The van der Waals surface area contributed by atoms with Crippen molar-refractivity contribution in [3.05, 3.63) is 41.2 Å². The zero-order chi connectivity index (χ0) is 25.8. The van der Waals surface area contributed by atoms with Crippen LogP contribution in [-0.4, -0.2) is 74.0 Å². The van der Waals surface area contributed by atoms with E-state index in [0.717, 1.165) is 36.5 Å². The summed E-state index contributed by atoms with van der Waals surface area (Å²) in [5.41, 5.74) is 3.14. The molecule has 0 spiro atoms. The number of benzene rings is 1. The van der Waals surface area contributed by atoms with Crippen LogP contribution in [0, 0.1) is 0 Å². The number of alkyl halides is 3. The van der Waals surface area contributed by atoms with Gasteiger partial charge in [-0.15, -0.1) is 5.10 Å². The number of rotatable bonds is 6. The normalized spacial score (nSPS) is 17.5. The number of hydrogen-bond donors (Lipinski definition) is 3. The van der Waals surface area contributed by atoms with E-state index in [1.165, 1.54) is 0 Å². The van der Waals surface area contributed by atoms with E-state index in [9.17, 15) is 27.6 Å². The molecule has 11 nitrogen and oxygen atoms in total. The number of amides is 3. The molecule has 3 N–H and O–H groups in total. The molecule has 2 aromatic rings. The first-order chi connectivity index (χ1) is 16.5. The molecular formula is C21H23F3N6O5. The Morgan fingerprint density at radius 1 is 1.29 bits per heavy atom. The van der Waals surface area contributed by atoms with Gasteiger partial charge in [-0.3, -0.25) is 19.7 Å². The van der Waals surface area contributed by atoms with Gasteiger partial charge in [0.2, 0.25) is 11.8 Å². The molecular weight excluding hydrogens is 473 g/mol. The van der Waals surface area contributed by atoms with E-state index in [-0.39, 0.29) is 18.2 Å². The molecule has 0 saturated carbocycles. The first kappa shape index (κ1) is 25.8. The number of fused-ring (bicyclic) bond motifs is 1. The molecule has 35 heavy (non-hydrogen) atoms. The van der Waals surface area contributed by atoms with Gasteiger partial charge < -0.3 is 15.3 Å². The fraction of sp³-hybridized carbons (Fsp3) is 0.429. The van der Waals surface area contributed by atoms with Crippen molar-refractivity contribution in [1.82, 2.24) is 30.5 Å². The second-order valence-corrected chi connectivity index (χ2v) is 7.80. The number of carboxylic acids is 1. The molecule has 1 unspecified atom stereocenters. The zero-order valence-corrected chi connectivity index (χ0v) is 18.6. The lowest BCUT2D eigenvalue weighted by Crippen LogP contribution is -2.52. The Kier molecular flexibility index (Phi) is 7.84. The summed E-state index contributed by atoms with van der Waals surface area (Å²) < 4.78 is 33.4. The lowest BCUT2D eigenvalue weighted by molar-refractivity contribution is -0.192. The highest BCUT2D eigenvalue weighted by Crippen LogP contribution is 2.29. The van der Waals surface area contributed by atoms with E-state index >= 15 is 0 Å². The highest BCUT2D eigenvalue weighted by atomic mass is 19.4. The number of imide groups is 1. The minimum Gasteiger partial charge on any atom is -0.475 e. The van der Waals surface area contributed by atoms with Crippen LogP contribution in [0.15, 0.2) is 24.4 Å². The van der Waals surface area contributed by atoms with E-state index in [1.54, 1.807) is 15.6 Å². The lowest BCUT2D eigenvalue weighted by atomic mass is 10.0. The summed E-state index contributed by atoms with van der Waals surface area (Å²) in [6.07, 6.45) is -1.81. The molecule has 2 aliphatic rings. The molecule has 1 aromatic heterocycles. The molecule has 1 fully saturated rings. The summed E-state index contributed by atoms with van der Waals surface area (Å²) in [5.74, 6) is -3.63. The Labute approximate surface area is 197 Å². The van der Waals surface area contributed by atoms with Crippen LogP contribution in [0.1, 0.15) is 41.4 Å². The van der Waals surface area contributed by atoms with Gasteiger partial charge in [0.15, 0.2) is 0 Å². The number of hydrogen-bond acceptors (Lipinski definition) is 7. The van der Waals surface area contributed by atoms with Gasteiger partial charge in [0, 0.05) is 31.5 Å². The smallest absolute Gasteiger partial charge is 0.475 e. The van der Waals surface area contributed by atoms with Crippen molar-refractivity contribution < 1.29 is 37.5 Å². The van der Waals surface area contributed by atoms with Gasteiger partial charge in [0.1, 0.15) is 6.04 Å². The topological polar surface area (TPSA) is 147 Å². The molecule has 4 rings (SSSR count). The minimum atomic E-state index is -5.08. The van der Waals surface area contributed by atoms with Gasteiger partial charge in [-0.1, -0.05) is 12.1 Å². The van der Waals surface area contributed by atoms with Crippen molar-refractivity contribution in [3.8, 4) is 5.69 Å². The summed E-state index contributed by atoms with van der Waals surface area (Å²) in [6.45, 7) is 4.16. The van der Waals surface area contributed by atoms with Gasteiger partial charge in [-0.2, -0.15) is 13.2 Å². The number of nitrogens with one attached hydrogen (secondary N) is 2. The number of piperidine rings is 1. The first-order valence-electron chi connectivity index (χ1n) is 10.7. The molecule has 0 aliphatic carbocycles. The number of nitrogens with zero attached hydrogens (tertiary/aromatic N) is 4. The Balaban J connectivity index is 0.000000429. The van der Waals surface area contributed by atoms with Crippen LogP contribution in [0.5, 0.6) is 0 Å². The van der Waals surface area contributed by atoms with E-state index in [1.807, 2.05) is 18.3 Å². The molecule has 1 aromatic carbocycles. The van der Waals surface area contributed by atoms with E-state index in [0.29, 0.717) is 18.5 Å².